The second kappa shape index (κ2) is 6.45. The molecule has 1 unspecified atom stereocenters. The molecule has 0 fully saturated rings. The maximum absolute atomic E-state index is 11.7. The first-order valence-corrected chi connectivity index (χ1v) is 6.81. The van der Waals surface area contributed by atoms with E-state index in [9.17, 15) is 9.90 Å². The SMILES string of the molecule is Cn1cc(C(C)(O)CNC(=O)NCCn2cccc2)cn1. The lowest BCUT2D eigenvalue weighted by Gasteiger charge is -2.22. The van der Waals surface area contributed by atoms with Crippen LogP contribution in [0.15, 0.2) is 36.9 Å². The predicted octanol–water partition coefficient (Wildman–Crippen LogP) is 0.428. The molecule has 0 saturated heterocycles. The average Bonchev–Trinajstić information content (AvgIpc) is 3.08. The number of amides is 2. The first-order chi connectivity index (χ1) is 9.97. The minimum atomic E-state index is -1.15. The Labute approximate surface area is 123 Å². The van der Waals surface area contributed by atoms with Crippen molar-refractivity contribution in [2.45, 2.75) is 19.1 Å². The fourth-order valence-corrected chi connectivity index (χ4v) is 1.93. The van der Waals surface area contributed by atoms with Gasteiger partial charge in [-0.1, -0.05) is 0 Å². The molecule has 3 N–H and O–H groups in total. The Morgan fingerprint density at radius 2 is 2.10 bits per heavy atom. The normalized spacial score (nSPS) is 13.7. The number of carbonyl (C=O) groups is 1. The minimum absolute atomic E-state index is 0.119. The van der Waals surface area contributed by atoms with Gasteiger partial charge in [0.05, 0.1) is 12.7 Å². The van der Waals surface area contributed by atoms with Crippen molar-refractivity contribution in [3.8, 4) is 0 Å². The van der Waals surface area contributed by atoms with Crippen LogP contribution in [0, 0.1) is 0 Å². The van der Waals surface area contributed by atoms with Crippen LogP contribution in [0.25, 0.3) is 0 Å². The molecule has 0 aliphatic heterocycles. The number of carbonyl (C=O) groups excluding carboxylic acids is 1. The second-order valence-electron chi connectivity index (χ2n) is 5.21. The van der Waals surface area contributed by atoms with Crippen LogP contribution in [-0.2, 0) is 19.2 Å². The van der Waals surface area contributed by atoms with Gasteiger partial charge in [0.15, 0.2) is 0 Å². The van der Waals surface area contributed by atoms with E-state index in [0.29, 0.717) is 18.7 Å². The molecular weight excluding hydrogens is 270 g/mol. The first-order valence-electron chi connectivity index (χ1n) is 6.81. The molecule has 0 bridgehead atoms. The maximum atomic E-state index is 11.7. The molecule has 0 spiro atoms. The molecule has 0 radical (unpaired) electrons. The Morgan fingerprint density at radius 1 is 1.38 bits per heavy atom. The van der Waals surface area contributed by atoms with Gasteiger partial charge in [0.2, 0.25) is 0 Å². The molecule has 2 amide bonds. The molecule has 21 heavy (non-hydrogen) atoms. The molecule has 0 aliphatic carbocycles. The van der Waals surface area contributed by atoms with Crippen molar-refractivity contribution in [1.82, 2.24) is 25.0 Å². The highest BCUT2D eigenvalue weighted by Crippen LogP contribution is 2.18. The summed E-state index contributed by atoms with van der Waals surface area (Å²) in [5, 5.41) is 19.7. The predicted molar refractivity (Wildman–Crippen MR) is 78.6 cm³/mol. The second-order valence-corrected chi connectivity index (χ2v) is 5.21. The van der Waals surface area contributed by atoms with Gasteiger partial charge in [0, 0.05) is 44.3 Å². The maximum Gasteiger partial charge on any atom is 0.314 e. The van der Waals surface area contributed by atoms with Crippen LogP contribution in [0.3, 0.4) is 0 Å². The summed E-state index contributed by atoms with van der Waals surface area (Å²) in [7, 11) is 1.78. The highest BCUT2D eigenvalue weighted by atomic mass is 16.3. The van der Waals surface area contributed by atoms with E-state index in [4.69, 9.17) is 0 Å². The van der Waals surface area contributed by atoms with Crippen LogP contribution in [0.4, 0.5) is 4.79 Å². The third kappa shape index (κ3) is 4.35. The Bertz CT molecular complexity index is 574. The number of rotatable bonds is 6. The zero-order valence-electron chi connectivity index (χ0n) is 12.3. The zero-order chi connectivity index (χ0) is 15.3. The van der Waals surface area contributed by atoms with Crippen LogP contribution in [0.2, 0.25) is 0 Å². The molecule has 0 aromatic carbocycles. The number of urea groups is 1. The van der Waals surface area contributed by atoms with E-state index in [2.05, 4.69) is 15.7 Å². The lowest BCUT2D eigenvalue weighted by Crippen LogP contribution is -2.44. The molecule has 0 aliphatic rings. The van der Waals surface area contributed by atoms with Gasteiger partial charge in [-0.3, -0.25) is 4.68 Å². The van der Waals surface area contributed by atoms with Crippen molar-refractivity contribution in [3.05, 3.63) is 42.5 Å². The van der Waals surface area contributed by atoms with Crippen molar-refractivity contribution in [1.29, 1.82) is 0 Å². The molecular formula is C14H21N5O2. The van der Waals surface area contributed by atoms with E-state index in [1.165, 1.54) is 0 Å². The Balaban J connectivity index is 1.73. The van der Waals surface area contributed by atoms with Gasteiger partial charge < -0.3 is 20.3 Å². The van der Waals surface area contributed by atoms with Gasteiger partial charge in [-0.2, -0.15) is 5.10 Å². The molecule has 114 valence electrons. The summed E-state index contributed by atoms with van der Waals surface area (Å²) in [4.78, 5) is 11.7. The number of nitrogens with zero attached hydrogens (tertiary/aromatic N) is 3. The largest absolute Gasteiger partial charge is 0.383 e. The number of aromatic nitrogens is 3. The lowest BCUT2D eigenvalue weighted by atomic mass is 10.00. The van der Waals surface area contributed by atoms with Crippen molar-refractivity contribution in [2.75, 3.05) is 13.1 Å². The summed E-state index contributed by atoms with van der Waals surface area (Å²) in [5.74, 6) is 0. The monoisotopic (exact) mass is 291 g/mol. The Kier molecular flexibility index (Phi) is 4.64. The van der Waals surface area contributed by atoms with Gasteiger partial charge in [0.25, 0.3) is 0 Å². The summed E-state index contributed by atoms with van der Waals surface area (Å²) in [6, 6.07) is 3.57. The number of nitrogens with one attached hydrogen (secondary N) is 2. The molecule has 2 aromatic rings. The lowest BCUT2D eigenvalue weighted by molar-refractivity contribution is 0.0593. The van der Waals surface area contributed by atoms with Gasteiger partial charge >= 0.3 is 6.03 Å². The van der Waals surface area contributed by atoms with Crippen molar-refractivity contribution in [2.24, 2.45) is 7.05 Å². The molecule has 2 rings (SSSR count). The zero-order valence-corrected chi connectivity index (χ0v) is 12.3. The van der Waals surface area contributed by atoms with Crippen LogP contribution >= 0.6 is 0 Å². The Hall–Kier alpha value is -2.28. The van der Waals surface area contributed by atoms with E-state index < -0.39 is 5.60 Å². The summed E-state index contributed by atoms with van der Waals surface area (Å²) in [6.07, 6.45) is 7.19. The highest BCUT2D eigenvalue weighted by molar-refractivity contribution is 5.73. The molecule has 0 saturated carbocycles. The van der Waals surface area contributed by atoms with Crippen LogP contribution < -0.4 is 10.6 Å². The third-order valence-corrected chi connectivity index (χ3v) is 3.24. The van der Waals surface area contributed by atoms with E-state index in [1.807, 2.05) is 29.1 Å². The summed E-state index contributed by atoms with van der Waals surface area (Å²) in [6.45, 7) is 2.99. The standard InChI is InChI=1S/C14H21N5O2/c1-14(21,12-9-17-18(2)10-12)11-16-13(20)15-5-8-19-6-3-4-7-19/h3-4,6-7,9-10,21H,5,8,11H2,1-2H3,(H2,15,16,20). The third-order valence-electron chi connectivity index (χ3n) is 3.24. The van der Waals surface area contributed by atoms with Crippen molar-refractivity contribution >= 4 is 6.03 Å². The fourth-order valence-electron chi connectivity index (χ4n) is 1.93. The smallest absolute Gasteiger partial charge is 0.314 e. The first kappa shape index (κ1) is 15.1. The van der Waals surface area contributed by atoms with E-state index in [1.54, 1.807) is 31.0 Å². The highest BCUT2D eigenvalue weighted by Gasteiger charge is 2.25. The minimum Gasteiger partial charge on any atom is -0.383 e. The average molecular weight is 291 g/mol. The Morgan fingerprint density at radius 3 is 2.71 bits per heavy atom. The van der Waals surface area contributed by atoms with Crippen molar-refractivity contribution in [3.63, 3.8) is 0 Å². The van der Waals surface area contributed by atoms with Gasteiger partial charge in [-0.25, -0.2) is 4.79 Å². The quantitative estimate of drug-likeness (QED) is 0.721. The summed E-state index contributed by atoms with van der Waals surface area (Å²) in [5.41, 5.74) is -0.482. The molecule has 7 heteroatoms. The number of hydrogen-bond acceptors (Lipinski definition) is 3. The number of aliphatic hydroxyl groups is 1. The number of aryl methyl sites for hydroxylation is 1. The fraction of sp³-hybridized carbons (Fsp3) is 0.429. The van der Waals surface area contributed by atoms with Crippen molar-refractivity contribution < 1.29 is 9.90 Å². The molecule has 7 nitrogen and oxygen atoms in total. The van der Waals surface area contributed by atoms with Crippen LogP contribution in [0.1, 0.15) is 12.5 Å². The number of hydrogen-bond donors (Lipinski definition) is 3. The van der Waals surface area contributed by atoms with E-state index in [-0.39, 0.29) is 12.6 Å². The summed E-state index contributed by atoms with van der Waals surface area (Å²) >= 11 is 0. The van der Waals surface area contributed by atoms with Crippen LogP contribution in [0.5, 0.6) is 0 Å². The molecule has 2 aromatic heterocycles. The van der Waals surface area contributed by atoms with E-state index in [0.717, 1.165) is 0 Å². The summed E-state index contributed by atoms with van der Waals surface area (Å²) < 4.78 is 3.59. The van der Waals surface area contributed by atoms with E-state index >= 15 is 0 Å². The van der Waals surface area contributed by atoms with Gasteiger partial charge in [-0.05, 0) is 19.1 Å². The molecule has 1 atom stereocenters. The van der Waals surface area contributed by atoms with Crippen LogP contribution in [-0.4, -0.2) is 38.6 Å². The van der Waals surface area contributed by atoms with Gasteiger partial charge in [0.1, 0.15) is 5.60 Å². The topological polar surface area (TPSA) is 84.1 Å². The molecule has 2 heterocycles. The van der Waals surface area contributed by atoms with Gasteiger partial charge in [-0.15, -0.1) is 0 Å².